The molecule has 1 unspecified atom stereocenters. The summed E-state index contributed by atoms with van der Waals surface area (Å²) in [5.74, 6) is 0.675. The number of rotatable bonds is 2. The van der Waals surface area contributed by atoms with Crippen molar-refractivity contribution in [2.24, 2.45) is 0 Å². The van der Waals surface area contributed by atoms with Crippen molar-refractivity contribution in [1.29, 1.82) is 0 Å². The Balaban J connectivity index is 2.71. The van der Waals surface area contributed by atoms with Crippen molar-refractivity contribution in [2.75, 3.05) is 5.73 Å². The van der Waals surface area contributed by atoms with E-state index in [-0.39, 0.29) is 5.01 Å². The van der Waals surface area contributed by atoms with Crippen LogP contribution in [0.2, 0.25) is 0 Å². The Kier molecular flexibility index (Phi) is 2.70. The van der Waals surface area contributed by atoms with Crippen molar-refractivity contribution in [1.82, 2.24) is 4.98 Å². The first-order chi connectivity index (χ1) is 5.18. The van der Waals surface area contributed by atoms with Gasteiger partial charge >= 0.3 is 0 Å². The van der Waals surface area contributed by atoms with E-state index in [0.717, 1.165) is 0 Å². The fourth-order valence-corrected chi connectivity index (χ4v) is 0.903. The Labute approximate surface area is 73.7 Å². The maximum Gasteiger partial charge on any atom is 0.150 e. The number of ether oxygens (including phenoxy) is 1. The van der Waals surface area contributed by atoms with Gasteiger partial charge in [0.25, 0.3) is 0 Å². The maximum absolute atomic E-state index is 5.48. The van der Waals surface area contributed by atoms with E-state index < -0.39 is 0 Å². The minimum atomic E-state index is -0.0221. The summed E-state index contributed by atoms with van der Waals surface area (Å²) in [4.78, 5) is 3.87. The molecule has 1 rings (SSSR count). The third-order valence-corrected chi connectivity index (χ3v) is 1.22. The van der Waals surface area contributed by atoms with Gasteiger partial charge in [-0.15, -0.1) is 0 Å². The van der Waals surface area contributed by atoms with Gasteiger partial charge in [-0.2, -0.15) is 0 Å². The monoisotopic (exact) mass is 216 g/mol. The van der Waals surface area contributed by atoms with Crippen molar-refractivity contribution >= 4 is 21.6 Å². The van der Waals surface area contributed by atoms with Crippen LogP contribution in [0.15, 0.2) is 18.5 Å². The molecule has 0 fully saturated rings. The highest BCUT2D eigenvalue weighted by Crippen LogP contribution is 2.15. The van der Waals surface area contributed by atoms with Gasteiger partial charge in [-0.1, -0.05) is 0 Å². The molecule has 0 spiro atoms. The lowest BCUT2D eigenvalue weighted by atomic mass is 10.4. The van der Waals surface area contributed by atoms with Crippen LogP contribution in [0.4, 0.5) is 5.69 Å². The molecule has 0 saturated carbocycles. The molecular formula is C7H9BrN2O. The van der Waals surface area contributed by atoms with Crippen molar-refractivity contribution in [3.05, 3.63) is 18.5 Å². The SMILES string of the molecule is CC(Br)Oc1cncc(N)c1. The average Bonchev–Trinajstić information content (AvgIpc) is 1.85. The van der Waals surface area contributed by atoms with Crippen molar-refractivity contribution in [2.45, 2.75) is 11.9 Å². The fraction of sp³-hybridized carbons (Fsp3) is 0.286. The summed E-state index contributed by atoms with van der Waals surface area (Å²) in [6, 6.07) is 1.73. The Bertz CT molecular complexity index is 240. The van der Waals surface area contributed by atoms with Crippen LogP contribution in [0, 0.1) is 0 Å². The first-order valence-electron chi connectivity index (χ1n) is 3.20. The molecule has 0 radical (unpaired) electrons. The summed E-state index contributed by atoms with van der Waals surface area (Å²) in [6.07, 6.45) is 3.19. The van der Waals surface area contributed by atoms with Gasteiger partial charge in [0.1, 0.15) is 5.75 Å². The van der Waals surface area contributed by atoms with E-state index >= 15 is 0 Å². The van der Waals surface area contributed by atoms with E-state index in [4.69, 9.17) is 10.5 Å². The van der Waals surface area contributed by atoms with Gasteiger partial charge in [0.2, 0.25) is 0 Å². The average molecular weight is 217 g/mol. The number of pyridine rings is 1. The quantitative estimate of drug-likeness (QED) is 0.768. The number of nitrogens with two attached hydrogens (primary N) is 1. The Morgan fingerprint density at radius 1 is 1.64 bits per heavy atom. The number of nitrogens with zero attached hydrogens (tertiary/aromatic N) is 1. The maximum atomic E-state index is 5.48. The van der Waals surface area contributed by atoms with Gasteiger partial charge in [0.05, 0.1) is 18.1 Å². The number of anilines is 1. The molecule has 1 aromatic heterocycles. The number of hydrogen-bond donors (Lipinski definition) is 1. The highest BCUT2D eigenvalue weighted by atomic mass is 79.9. The van der Waals surface area contributed by atoms with Gasteiger partial charge < -0.3 is 10.5 Å². The van der Waals surface area contributed by atoms with Crippen LogP contribution in [0.3, 0.4) is 0 Å². The summed E-state index contributed by atoms with van der Waals surface area (Å²) in [6.45, 7) is 1.88. The van der Waals surface area contributed by atoms with Crippen LogP contribution in [0.5, 0.6) is 5.75 Å². The van der Waals surface area contributed by atoms with E-state index in [2.05, 4.69) is 20.9 Å². The third-order valence-electron chi connectivity index (χ3n) is 1.03. The Morgan fingerprint density at radius 3 is 2.91 bits per heavy atom. The van der Waals surface area contributed by atoms with Crippen LogP contribution >= 0.6 is 15.9 Å². The fourth-order valence-electron chi connectivity index (χ4n) is 0.688. The Morgan fingerprint density at radius 2 is 2.36 bits per heavy atom. The summed E-state index contributed by atoms with van der Waals surface area (Å²) >= 11 is 3.24. The lowest BCUT2D eigenvalue weighted by molar-refractivity contribution is 0.313. The predicted molar refractivity (Wildman–Crippen MR) is 47.7 cm³/mol. The minimum absolute atomic E-state index is 0.0221. The van der Waals surface area contributed by atoms with Crippen molar-refractivity contribution in [3.8, 4) is 5.75 Å². The van der Waals surface area contributed by atoms with Crippen LogP contribution in [-0.2, 0) is 0 Å². The molecular weight excluding hydrogens is 208 g/mol. The van der Waals surface area contributed by atoms with Gasteiger partial charge in [-0.25, -0.2) is 0 Å². The summed E-state index contributed by atoms with van der Waals surface area (Å²) in [7, 11) is 0. The Hall–Kier alpha value is -0.770. The lowest BCUT2D eigenvalue weighted by Gasteiger charge is -2.06. The largest absolute Gasteiger partial charge is 0.478 e. The van der Waals surface area contributed by atoms with E-state index in [1.54, 1.807) is 18.5 Å². The molecule has 0 aromatic carbocycles. The first-order valence-corrected chi connectivity index (χ1v) is 4.11. The molecule has 1 aromatic rings. The van der Waals surface area contributed by atoms with Gasteiger partial charge in [0, 0.05) is 6.07 Å². The zero-order valence-corrected chi connectivity index (χ0v) is 7.71. The number of halogens is 1. The van der Waals surface area contributed by atoms with Crippen molar-refractivity contribution < 1.29 is 4.74 Å². The van der Waals surface area contributed by atoms with E-state index in [1.165, 1.54) is 0 Å². The second kappa shape index (κ2) is 3.57. The molecule has 2 N–H and O–H groups in total. The zero-order valence-electron chi connectivity index (χ0n) is 6.12. The second-order valence-electron chi connectivity index (χ2n) is 2.11. The number of hydrogen-bond acceptors (Lipinski definition) is 3. The zero-order chi connectivity index (χ0) is 8.27. The van der Waals surface area contributed by atoms with E-state index in [1.807, 2.05) is 6.92 Å². The molecule has 0 aliphatic rings. The predicted octanol–water partition coefficient (Wildman–Crippen LogP) is 1.78. The molecule has 11 heavy (non-hydrogen) atoms. The summed E-state index contributed by atoms with van der Waals surface area (Å²) < 4.78 is 5.27. The number of alkyl halides is 1. The highest BCUT2D eigenvalue weighted by Gasteiger charge is 1.98. The normalized spacial score (nSPS) is 12.5. The minimum Gasteiger partial charge on any atom is -0.478 e. The molecule has 0 aliphatic carbocycles. The molecule has 1 atom stereocenters. The lowest BCUT2D eigenvalue weighted by Crippen LogP contribution is -2.02. The van der Waals surface area contributed by atoms with Crippen LogP contribution in [0.25, 0.3) is 0 Å². The van der Waals surface area contributed by atoms with Crippen LogP contribution in [-0.4, -0.2) is 10.00 Å². The topological polar surface area (TPSA) is 48.1 Å². The molecule has 0 saturated heterocycles. The first kappa shape index (κ1) is 8.33. The van der Waals surface area contributed by atoms with Gasteiger partial charge in [-0.3, -0.25) is 4.98 Å². The van der Waals surface area contributed by atoms with Gasteiger partial charge in [-0.05, 0) is 22.9 Å². The highest BCUT2D eigenvalue weighted by molar-refractivity contribution is 9.09. The van der Waals surface area contributed by atoms with Crippen molar-refractivity contribution in [3.63, 3.8) is 0 Å². The molecule has 60 valence electrons. The standard InChI is InChI=1S/C7H9BrN2O/c1-5(8)11-7-2-6(9)3-10-4-7/h2-5H,9H2,1H3. The van der Waals surface area contributed by atoms with E-state index in [0.29, 0.717) is 11.4 Å². The molecule has 0 aliphatic heterocycles. The number of aromatic nitrogens is 1. The third kappa shape index (κ3) is 2.76. The molecule has 4 heteroatoms. The molecule has 0 bridgehead atoms. The molecule has 0 amide bonds. The van der Waals surface area contributed by atoms with Crippen LogP contribution in [0.1, 0.15) is 6.92 Å². The number of nitrogen functional groups attached to an aromatic ring is 1. The summed E-state index contributed by atoms with van der Waals surface area (Å²) in [5.41, 5.74) is 6.08. The van der Waals surface area contributed by atoms with E-state index in [9.17, 15) is 0 Å². The molecule has 1 heterocycles. The van der Waals surface area contributed by atoms with Gasteiger partial charge in [0.15, 0.2) is 5.01 Å². The van der Waals surface area contributed by atoms with Crippen LogP contribution < -0.4 is 10.5 Å². The smallest absolute Gasteiger partial charge is 0.150 e. The molecule has 3 nitrogen and oxygen atoms in total. The summed E-state index contributed by atoms with van der Waals surface area (Å²) in [5, 5.41) is -0.0221. The second-order valence-corrected chi connectivity index (χ2v) is 3.40.